The summed E-state index contributed by atoms with van der Waals surface area (Å²) >= 11 is 3.03. The van der Waals surface area contributed by atoms with Crippen molar-refractivity contribution in [3.63, 3.8) is 0 Å². The van der Waals surface area contributed by atoms with Crippen LogP contribution in [0.3, 0.4) is 0 Å². The maximum atomic E-state index is 13.6. The normalized spacial score (nSPS) is 11.9. The van der Waals surface area contributed by atoms with Gasteiger partial charge in [-0.2, -0.15) is 5.26 Å². The number of nitrogens with one attached hydrogen (secondary N) is 1. The van der Waals surface area contributed by atoms with Crippen molar-refractivity contribution >= 4 is 21.6 Å². The third kappa shape index (κ3) is 2.91. The number of nitrogens with two attached hydrogens (primary N) is 1. The van der Waals surface area contributed by atoms with Crippen LogP contribution in [0, 0.1) is 17.1 Å². The average Bonchev–Trinajstić information content (AvgIpc) is 2.20. The quantitative estimate of drug-likeness (QED) is 0.886. The molecule has 1 rings (SSSR count). The summed E-state index contributed by atoms with van der Waals surface area (Å²) in [5.41, 5.74) is 6.16. The highest BCUT2D eigenvalue weighted by atomic mass is 79.9. The molecule has 80 valence electrons. The van der Waals surface area contributed by atoms with E-state index in [1.54, 1.807) is 6.07 Å². The first-order chi connectivity index (χ1) is 7.06. The molecule has 0 aliphatic heterocycles. The highest BCUT2D eigenvalue weighted by Crippen LogP contribution is 2.26. The Kier molecular flexibility index (Phi) is 4.06. The van der Waals surface area contributed by atoms with E-state index in [0.717, 1.165) is 0 Å². The van der Waals surface area contributed by atoms with Gasteiger partial charge in [0, 0.05) is 12.6 Å². The number of hydrogen-bond donors (Lipinski definition) is 2. The van der Waals surface area contributed by atoms with Crippen LogP contribution in [0.5, 0.6) is 0 Å². The van der Waals surface area contributed by atoms with E-state index in [1.165, 1.54) is 6.07 Å². The first kappa shape index (κ1) is 12.0. The fourth-order valence-corrected chi connectivity index (χ4v) is 1.48. The molecular weight excluding hydrogens is 261 g/mol. The highest BCUT2D eigenvalue weighted by molar-refractivity contribution is 9.10. The van der Waals surface area contributed by atoms with Gasteiger partial charge in [0.25, 0.3) is 0 Å². The SMILES string of the molecule is CC(N)CNc1ccc(C#N)c(Br)c1F. The van der Waals surface area contributed by atoms with Crippen molar-refractivity contribution in [3.05, 3.63) is 28.0 Å². The van der Waals surface area contributed by atoms with E-state index in [9.17, 15) is 4.39 Å². The highest BCUT2D eigenvalue weighted by Gasteiger charge is 2.10. The molecule has 0 spiro atoms. The van der Waals surface area contributed by atoms with Crippen LogP contribution in [0.4, 0.5) is 10.1 Å². The molecule has 1 unspecified atom stereocenters. The van der Waals surface area contributed by atoms with Crippen molar-refractivity contribution in [2.75, 3.05) is 11.9 Å². The van der Waals surface area contributed by atoms with E-state index in [4.69, 9.17) is 11.0 Å². The van der Waals surface area contributed by atoms with Crippen LogP contribution < -0.4 is 11.1 Å². The Bertz CT molecular complexity index is 398. The molecule has 0 bridgehead atoms. The fraction of sp³-hybridized carbons (Fsp3) is 0.300. The molecular formula is C10H11BrFN3. The smallest absolute Gasteiger partial charge is 0.161 e. The molecule has 0 saturated carbocycles. The van der Waals surface area contributed by atoms with Gasteiger partial charge in [0.1, 0.15) is 6.07 Å². The summed E-state index contributed by atoms with van der Waals surface area (Å²) in [6.45, 7) is 2.30. The van der Waals surface area contributed by atoms with Gasteiger partial charge in [0.05, 0.1) is 15.7 Å². The van der Waals surface area contributed by atoms with Gasteiger partial charge in [-0.15, -0.1) is 0 Å². The summed E-state index contributed by atoms with van der Waals surface area (Å²) in [5, 5.41) is 11.5. The van der Waals surface area contributed by atoms with Crippen LogP contribution >= 0.6 is 15.9 Å². The third-order valence-corrected chi connectivity index (χ3v) is 2.59. The second-order valence-electron chi connectivity index (χ2n) is 3.26. The molecule has 0 radical (unpaired) electrons. The Morgan fingerprint density at radius 2 is 2.33 bits per heavy atom. The lowest BCUT2D eigenvalue weighted by Crippen LogP contribution is -2.25. The molecule has 0 saturated heterocycles. The molecule has 0 aliphatic carbocycles. The van der Waals surface area contributed by atoms with E-state index >= 15 is 0 Å². The lowest BCUT2D eigenvalue weighted by atomic mass is 10.2. The van der Waals surface area contributed by atoms with Gasteiger partial charge in [-0.05, 0) is 35.0 Å². The Balaban J connectivity index is 2.93. The molecule has 0 aromatic heterocycles. The van der Waals surface area contributed by atoms with Crippen molar-refractivity contribution in [2.24, 2.45) is 5.73 Å². The molecule has 15 heavy (non-hydrogen) atoms. The van der Waals surface area contributed by atoms with E-state index in [1.807, 2.05) is 13.0 Å². The monoisotopic (exact) mass is 271 g/mol. The largest absolute Gasteiger partial charge is 0.381 e. The van der Waals surface area contributed by atoms with Crippen LogP contribution in [-0.2, 0) is 0 Å². The minimum absolute atomic E-state index is 0.0566. The van der Waals surface area contributed by atoms with Crippen molar-refractivity contribution in [2.45, 2.75) is 13.0 Å². The van der Waals surface area contributed by atoms with Gasteiger partial charge >= 0.3 is 0 Å². The van der Waals surface area contributed by atoms with Gasteiger partial charge in [0.2, 0.25) is 0 Å². The third-order valence-electron chi connectivity index (χ3n) is 1.82. The zero-order chi connectivity index (χ0) is 11.4. The lowest BCUT2D eigenvalue weighted by Gasteiger charge is -2.11. The Labute approximate surface area is 96.2 Å². The number of rotatable bonds is 3. The number of halogens is 2. The van der Waals surface area contributed by atoms with Crippen LogP contribution in [0.15, 0.2) is 16.6 Å². The second kappa shape index (κ2) is 5.10. The predicted molar refractivity (Wildman–Crippen MR) is 61.0 cm³/mol. The van der Waals surface area contributed by atoms with Crippen LogP contribution in [0.2, 0.25) is 0 Å². The molecule has 1 aromatic rings. The second-order valence-corrected chi connectivity index (χ2v) is 4.05. The number of nitrogens with zero attached hydrogens (tertiary/aromatic N) is 1. The van der Waals surface area contributed by atoms with Gasteiger partial charge in [-0.25, -0.2) is 4.39 Å². The number of benzene rings is 1. The molecule has 0 fully saturated rings. The van der Waals surface area contributed by atoms with Crippen molar-refractivity contribution in [1.82, 2.24) is 0 Å². The standard InChI is InChI=1S/C10H11BrFN3/c1-6(14)5-15-8-3-2-7(4-13)9(11)10(8)12/h2-3,6,15H,5,14H2,1H3. The number of anilines is 1. The number of hydrogen-bond acceptors (Lipinski definition) is 3. The van der Waals surface area contributed by atoms with Crippen LogP contribution in [0.25, 0.3) is 0 Å². The average molecular weight is 272 g/mol. The van der Waals surface area contributed by atoms with Gasteiger partial charge in [0.15, 0.2) is 5.82 Å². The van der Waals surface area contributed by atoms with Crippen molar-refractivity contribution < 1.29 is 4.39 Å². The van der Waals surface area contributed by atoms with Crippen molar-refractivity contribution in [3.8, 4) is 6.07 Å². The fourth-order valence-electron chi connectivity index (χ4n) is 1.04. The molecule has 3 nitrogen and oxygen atoms in total. The first-order valence-electron chi connectivity index (χ1n) is 4.43. The molecule has 0 amide bonds. The van der Waals surface area contributed by atoms with Crippen LogP contribution in [-0.4, -0.2) is 12.6 Å². The topological polar surface area (TPSA) is 61.8 Å². The zero-order valence-corrected chi connectivity index (χ0v) is 9.81. The van der Waals surface area contributed by atoms with Crippen LogP contribution in [0.1, 0.15) is 12.5 Å². The minimum Gasteiger partial charge on any atom is -0.381 e. The minimum atomic E-state index is -0.463. The summed E-state index contributed by atoms with van der Waals surface area (Å²) in [5.74, 6) is -0.463. The summed E-state index contributed by atoms with van der Waals surface area (Å²) in [6, 6.07) is 4.91. The molecule has 1 aromatic carbocycles. The predicted octanol–water partition coefficient (Wildman–Crippen LogP) is 2.22. The molecule has 1 atom stereocenters. The van der Waals surface area contributed by atoms with E-state index in [-0.39, 0.29) is 16.1 Å². The Hall–Kier alpha value is -1.12. The van der Waals surface area contributed by atoms with E-state index in [0.29, 0.717) is 12.2 Å². The summed E-state index contributed by atoms with van der Waals surface area (Å²) in [4.78, 5) is 0. The lowest BCUT2D eigenvalue weighted by molar-refractivity contribution is 0.621. The summed E-state index contributed by atoms with van der Waals surface area (Å²) < 4.78 is 13.8. The maximum Gasteiger partial charge on any atom is 0.161 e. The van der Waals surface area contributed by atoms with Gasteiger partial charge in [-0.3, -0.25) is 0 Å². The molecule has 0 heterocycles. The van der Waals surface area contributed by atoms with E-state index in [2.05, 4.69) is 21.2 Å². The van der Waals surface area contributed by atoms with Gasteiger partial charge in [-0.1, -0.05) is 0 Å². The molecule has 0 aliphatic rings. The maximum absolute atomic E-state index is 13.6. The zero-order valence-electron chi connectivity index (χ0n) is 8.22. The molecule has 5 heteroatoms. The Morgan fingerprint density at radius 3 is 2.87 bits per heavy atom. The summed E-state index contributed by atoms with van der Waals surface area (Å²) in [7, 11) is 0. The first-order valence-corrected chi connectivity index (χ1v) is 5.23. The van der Waals surface area contributed by atoms with Crippen molar-refractivity contribution in [1.29, 1.82) is 5.26 Å². The summed E-state index contributed by atoms with van der Waals surface area (Å²) in [6.07, 6.45) is 0. The van der Waals surface area contributed by atoms with Gasteiger partial charge < -0.3 is 11.1 Å². The Morgan fingerprint density at radius 1 is 1.67 bits per heavy atom. The number of nitriles is 1. The van der Waals surface area contributed by atoms with E-state index < -0.39 is 5.82 Å². The molecule has 3 N–H and O–H groups in total.